The molecule has 0 radical (unpaired) electrons. The standard InChI is InChI=1S/C12H19NO4Si/c1-18(2,3)17-12(14)10-7-5-4-6-8-11(9-10)13(15)16/h10-11H,4,6,8-9H2,1-3H3. The van der Waals surface area contributed by atoms with Crippen LogP contribution in [0.1, 0.15) is 25.7 Å². The SMILES string of the molecule is C[Si](C)(C)OC(=O)C1C#CCCCC([N+](=O)[O-])C1. The Kier molecular flexibility index (Phi) is 4.90. The molecule has 1 rings (SSSR count). The molecule has 0 fully saturated rings. The molecule has 0 aromatic rings. The molecule has 0 aromatic heterocycles. The number of nitrogens with zero attached hydrogens (tertiary/aromatic N) is 1. The van der Waals surface area contributed by atoms with Gasteiger partial charge in [0.25, 0.3) is 0 Å². The molecule has 0 bridgehead atoms. The molecule has 100 valence electrons. The molecule has 0 aromatic carbocycles. The van der Waals surface area contributed by atoms with E-state index in [-0.39, 0.29) is 11.3 Å². The zero-order valence-electron chi connectivity index (χ0n) is 11.1. The Bertz CT molecular complexity index is 391. The number of nitro groups is 1. The predicted molar refractivity (Wildman–Crippen MR) is 70.0 cm³/mol. The lowest BCUT2D eigenvalue weighted by Crippen LogP contribution is -2.35. The van der Waals surface area contributed by atoms with Crippen LogP contribution in [0.4, 0.5) is 0 Å². The van der Waals surface area contributed by atoms with Gasteiger partial charge in [-0.3, -0.25) is 14.9 Å². The van der Waals surface area contributed by atoms with E-state index in [9.17, 15) is 14.9 Å². The summed E-state index contributed by atoms with van der Waals surface area (Å²) >= 11 is 0. The van der Waals surface area contributed by atoms with Gasteiger partial charge < -0.3 is 4.43 Å². The smallest absolute Gasteiger partial charge is 0.308 e. The van der Waals surface area contributed by atoms with Crippen molar-refractivity contribution in [2.24, 2.45) is 5.92 Å². The summed E-state index contributed by atoms with van der Waals surface area (Å²) in [5.41, 5.74) is 0. The van der Waals surface area contributed by atoms with Crippen LogP contribution >= 0.6 is 0 Å². The maximum absolute atomic E-state index is 11.9. The highest BCUT2D eigenvalue weighted by Gasteiger charge is 2.32. The van der Waals surface area contributed by atoms with E-state index in [0.29, 0.717) is 19.3 Å². The van der Waals surface area contributed by atoms with Crippen LogP contribution in [0.5, 0.6) is 0 Å². The number of carbonyl (C=O) groups excluding carboxylic acids is 1. The number of hydrogen-bond acceptors (Lipinski definition) is 4. The highest BCUT2D eigenvalue weighted by atomic mass is 28.4. The van der Waals surface area contributed by atoms with Gasteiger partial charge in [0.05, 0.1) is 0 Å². The van der Waals surface area contributed by atoms with E-state index in [0.717, 1.165) is 0 Å². The van der Waals surface area contributed by atoms with E-state index < -0.39 is 26.2 Å². The third-order valence-electron chi connectivity index (χ3n) is 2.61. The summed E-state index contributed by atoms with van der Waals surface area (Å²) in [5, 5.41) is 10.9. The van der Waals surface area contributed by atoms with Crippen molar-refractivity contribution >= 4 is 14.3 Å². The van der Waals surface area contributed by atoms with Crippen molar-refractivity contribution in [3.05, 3.63) is 10.1 Å². The van der Waals surface area contributed by atoms with Gasteiger partial charge in [-0.1, -0.05) is 5.92 Å². The molecule has 0 aliphatic heterocycles. The Morgan fingerprint density at radius 1 is 1.44 bits per heavy atom. The third kappa shape index (κ3) is 4.88. The number of hydrogen-bond donors (Lipinski definition) is 0. The lowest BCUT2D eigenvalue weighted by atomic mass is 9.95. The van der Waals surface area contributed by atoms with Gasteiger partial charge in [-0.25, -0.2) is 0 Å². The van der Waals surface area contributed by atoms with Gasteiger partial charge >= 0.3 is 5.97 Å². The maximum atomic E-state index is 11.9. The first kappa shape index (κ1) is 14.7. The van der Waals surface area contributed by atoms with Gasteiger partial charge in [0.2, 0.25) is 14.4 Å². The molecule has 6 heteroatoms. The number of carbonyl (C=O) groups is 1. The third-order valence-corrected chi connectivity index (χ3v) is 3.43. The lowest BCUT2D eigenvalue weighted by molar-refractivity contribution is -0.525. The molecule has 18 heavy (non-hydrogen) atoms. The maximum Gasteiger partial charge on any atom is 0.308 e. The average Bonchev–Trinajstić information content (AvgIpc) is 2.12. The zero-order chi connectivity index (χ0) is 13.8. The van der Waals surface area contributed by atoms with E-state index in [1.54, 1.807) is 0 Å². The molecule has 0 spiro atoms. The Morgan fingerprint density at radius 2 is 2.11 bits per heavy atom. The van der Waals surface area contributed by atoms with Crippen molar-refractivity contribution in [1.82, 2.24) is 0 Å². The van der Waals surface area contributed by atoms with Crippen molar-refractivity contribution in [2.75, 3.05) is 0 Å². The van der Waals surface area contributed by atoms with Crippen molar-refractivity contribution < 1.29 is 14.1 Å². The molecule has 0 N–H and O–H groups in total. The first-order chi connectivity index (χ1) is 8.29. The normalized spacial score (nSPS) is 24.2. The van der Waals surface area contributed by atoms with Crippen molar-refractivity contribution in [3.8, 4) is 11.8 Å². The topological polar surface area (TPSA) is 69.4 Å². The Labute approximate surface area is 108 Å². The summed E-state index contributed by atoms with van der Waals surface area (Å²) < 4.78 is 5.38. The van der Waals surface area contributed by atoms with Gasteiger partial charge in [0, 0.05) is 24.2 Å². The molecule has 5 nitrogen and oxygen atoms in total. The minimum Gasteiger partial charge on any atom is -0.519 e. The van der Waals surface area contributed by atoms with Crippen LogP contribution in [0, 0.1) is 27.9 Å². The van der Waals surface area contributed by atoms with Crippen LogP contribution in [0.3, 0.4) is 0 Å². The second-order valence-electron chi connectivity index (χ2n) is 5.47. The molecule has 2 unspecified atom stereocenters. The molecule has 0 saturated heterocycles. The van der Waals surface area contributed by atoms with Crippen molar-refractivity contribution in [2.45, 2.75) is 51.4 Å². The first-order valence-corrected chi connectivity index (χ1v) is 9.55. The molecule has 0 amide bonds. The van der Waals surface area contributed by atoms with Crippen LogP contribution in [0.2, 0.25) is 19.6 Å². The lowest BCUT2D eigenvalue weighted by Gasteiger charge is -2.21. The van der Waals surface area contributed by atoms with E-state index >= 15 is 0 Å². The van der Waals surface area contributed by atoms with Gasteiger partial charge in [0.1, 0.15) is 5.92 Å². The van der Waals surface area contributed by atoms with Crippen LogP contribution in [-0.4, -0.2) is 25.3 Å². The Balaban J connectivity index is 2.76. The van der Waals surface area contributed by atoms with E-state index in [1.165, 1.54) is 0 Å². The van der Waals surface area contributed by atoms with Crippen LogP contribution in [0.15, 0.2) is 0 Å². The zero-order valence-corrected chi connectivity index (χ0v) is 12.1. The highest BCUT2D eigenvalue weighted by molar-refractivity contribution is 6.71. The fraction of sp³-hybridized carbons (Fsp3) is 0.750. The van der Waals surface area contributed by atoms with Crippen molar-refractivity contribution in [3.63, 3.8) is 0 Å². The van der Waals surface area contributed by atoms with Gasteiger partial charge in [-0.15, -0.1) is 5.92 Å². The monoisotopic (exact) mass is 269 g/mol. The highest BCUT2D eigenvalue weighted by Crippen LogP contribution is 2.19. The molecule has 0 heterocycles. The largest absolute Gasteiger partial charge is 0.519 e. The fourth-order valence-corrected chi connectivity index (χ4v) is 2.54. The molecule has 1 aliphatic carbocycles. The fourth-order valence-electron chi connectivity index (χ4n) is 1.79. The molecule has 1 aliphatic rings. The van der Waals surface area contributed by atoms with Gasteiger partial charge in [0.15, 0.2) is 0 Å². The summed E-state index contributed by atoms with van der Waals surface area (Å²) in [6.07, 6.45) is 1.98. The minimum atomic E-state index is -1.97. The summed E-state index contributed by atoms with van der Waals surface area (Å²) in [6, 6.07) is -0.682. The van der Waals surface area contributed by atoms with E-state index in [4.69, 9.17) is 4.43 Å². The van der Waals surface area contributed by atoms with Crippen LogP contribution in [-0.2, 0) is 9.22 Å². The van der Waals surface area contributed by atoms with E-state index in [2.05, 4.69) is 11.8 Å². The summed E-state index contributed by atoms with van der Waals surface area (Å²) in [6.45, 7) is 5.73. The minimum absolute atomic E-state index is 0.170. The second kappa shape index (κ2) is 6.00. The quantitative estimate of drug-likeness (QED) is 0.341. The Hall–Kier alpha value is -1.35. The van der Waals surface area contributed by atoms with Crippen LogP contribution < -0.4 is 0 Å². The van der Waals surface area contributed by atoms with E-state index in [1.807, 2.05) is 19.6 Å². The van der Waals surface area contributed by atoms with Gasteiger partial charge in [-0.05, 0) is 26.1 Å². The Morgan fingerprint density at radius 3 is 2.67 bits per heavy atom. The second-order valence-corrected chi connectivity index (χ2v) is 9.90. The average molecular weight is 269 g/mol. The first-order valence-electron chi connectivity index (χ1n) is 6.14. The van der Waals surface area contributed by atoms with Gasteiger partial charge in [-0.2, -0.15) is 0 Å². The molecular formula is C12H19NO4Si. The summed E-state index contributed by atoms with van der Waals surface area (Å²) in [5.74, 6) is 4.69. The number of rotatable bonds is 3. The summed E-state index contributed by atoms with van der Waals surface area (Å²) in [4.78, 5) is 22.5. The predicted octanol–water partition coefficient (Wildman–Crippen LogP) is 2.20. The molecule has 0 saturated carbocycles. The van der Waals surface area contributed by atoms with Crippen LogP contribution in [0.25, 0.3) is 0 Å². The molecule has 2 atom stereocenters. The molecular weight excluding hydrogens is 250 g/mol. The van der Waals surface area contributed by atoms with Crippen molar-refractivity contribution in [1.29, 1.82) is 0 Å². The summed E-state index contributed by atoms with van der Waals surface area (Å²) in [7, 11) is -1.97.